The predicted octanol–water partition coefficient (Wildman–Crippen LogP) is 0.391. The van der Waals surface area contributed by atoms with Gasteiger partial charge in [0.25, 0.3) is 11.8 Å². The van der Waals surface area contributed by atoms with Crippen LogP contribution in [0.25, 0.3) is 0 Å². The number of para-hydroxylation sites is 1. The molecule has 0 saturated carbocycles. The summed E-state index contributed by atoms with van der Waals surface area (Å²) >= 11 is 0. The van der Waals surface area contributed by atoms with Crippen molar-refractivity contribution in [1.29, 1.82) is 0 Å². The number of primary amides is 1. The number of amides is 2. The van der Waals surface area contributed by atoms with Crippen molar-refractivity contribution in [3.8, 4) is 5.75 Å². The van der Waals surface area contributed by atoms with E-state index in [-0.39, 0.29) is 36.8 Å². The largest absolute Gasteiger partial charge is 0.483 e. The van der Waals surface area contributed by atoms with Gasteiger partial charge in [-0.2, -0.15) is 0 Å². The van der Waals surface area contributed by atoms with E-state index in [0.29, 0.717) is 0 Å². The van der Waals surface area contributed by atoms with Gasteiger partial charge in [0.1, 0.15) is 5.75 Å². The molecule has 0 aromatic heterocycles. The lowest BCUT2D eigenvalue weighted by atomic mass is 10.1. The Balaban J connectivity index is 2.43. The maximum Gasteiger partial charge on any atom is 0.303 e. The Morgan fingerprint density at radius 3 is 2.62 bits per heavy atom. The van der Waals surface area contributed by atoms with Gasteiger partial charge >= 0.3 is 5.97 Å². The highest BCUT2D eigenvalue weighted by Crippen LogP contribution is 2.16. The van der Waals surface area contributed by atoms with E-state index in [9.17, 15) is 14.4 Å². The highest BCUT2D eigenvalue weighted by Gasteiger charge is 2.12. The lowest BCUT2D eigenvalue weighted by Crippen LogP contribution is -2.33. The number of nitrogens with one attached hydrogen (secondary N) is 1. The minimum atomic E-state index is -0.914. The van der Waals surface area contributed by atoms with Crippen molar-refractivity contribution >= 4 is 17.8 Å². The van der Waals surface area contributed by atoms with Crippen LogP contribution in [0.15, 0.2) is 24.3 Å². The molecule has 2 amide bonds. The fourth-order valence-electron chi connectivity index (χ4n) is 1.65. The number of carbonyl (C=O) groups excluding carboxylic acids is 2. The van der Waals surface area contributed by atoms with E-state index in [2.05, 4.69) is 5.32 Å². The van der Waals surface area contributed by atoms with Crippen LogP contribution in [-0.4, -0.2) is 36.0 Å². The lowest BCUT2D eigenvalue weighted by Gasteiger charge is -2.12. The molecule has 0 aliphatic carbocycles. The fourth-order valence-corrected chi connectivity index (χ4v) is 1.65. The second kappa shape index (κ2) is 7.88. The highest BCUT2D eigenvalue weighted by atomic mass is 16.5. The number of hydrogen-bond donors (Lipinski definition) is 3. The smallest absolute Gasteiger partial charge is 0.303 e. The summed E-state index contributed by atoms with van der Waals surface area (Å²) in [5, 5.41) is 11.2. The number of nitrogens with two attached hydrogens (primary N) is 1. The zero-order chi connectivity index (χ0) is 15.8. The number of ether oxygens (including phenoxy) is 1. The van der Waals surface area contributed by atoms with Crippen molar-refractivity contribution in [3.63, 3.8) is 0 Å². The van der Waals surface area contributed by atoms with Gasteiger partial charge in [-0.15, -0.1) is 0 Å². The Hall–Kier alpha value is -2.57. The van der Waals surface area contributed by atoms with Crippen molar-refractivity contribution in [2.24, 2.45) is 11.7 Å². The van der Waals surface area contributed by atoms with E-state index < -0.39 is 17.8 Å². The van der Waals surface area contributed by atoms with Gasteiger partial charge in [0.05, 0.1) is 5.56 Å². The molecule has 0 aliphatic heterocycles. The van der Waals surface area contributed by atoms with Crippen LogP contribution in [0.5, 0.6) is 5.75 Å². The number of aliphatic carboxylic acids is 1. The Labute approximate surface area is 122 Å². The van der Waals surface area contributed by atoms with Crippen LogP contribution in [0.2, 0.25) is 0 Å². The van der Waals surface area contributed by atoms with Crippen LogP contribution < -0.4 is 15.8 Å². The maximum atomic E-state index is 11.6. The number of benzene rings is 1. The van der Waals surface area contributed by atoms with E-state index in [4.69, 9.17) is 15.6 Å². The molecule has 0 heterocycles. The average Bonchev–Trinajstić information content (AvgIpc) is 2.42. The molecule has 7 heteroatoms. The van der Waals surface area contributed by atoms with Gasteiger partial charge in [-0.3, -0.25) is 14.4 Å². The number of carboxylic acids is 1. The third-order valence-corrected chi connectivity index (χ3v) is 2.68. The van der Waals surface area contributed by atoms with Gasteiger partial charge in [0, 0.05) is 13.0 Å². The van der Waals surface area contributed by atoms with Gasteiger partial charge in [0.15, 0.2) is 6.61 Å². The van der Waals surface area contributed by atoms with E-state index >= 15 is 0 Å². The standard InChI is InChI=1S/C14H18N2O5/c1-9(6-13(18)19)7-16-12(17)8-21-11-5-3-2-4-10(11)14(15)20/h2-5,9H,6-8H2,1H3,(H2,15,20)(H,16,17)(H,18,19). The molecule has 0 bridgehead atoms. The first-order chi connectivity index (χ1) is 9.90. The molecular weight excluding hydrogens is 276 g/mol. The monoisotopic (exact) mass is 294 g/mol. The second-order valence-corrected chi connectivity index (χ2v) is 4.66. The molecule has 0 saturated heterocycles. The van der Waals surface area contributed by atoms with Crippen molar-refractivity contribution in [2.75, 3.05) is 13.2 Å². The summed E-state index contributed by atoms with van der Waals surface area (Å²) in [4.78, 5) is 33.2. The third-order valence-electron chi connectivity index (χ3n) is 2.68. The zero-order valence-corrected chi connectivity index (χ0v) is 11.7. The molecular formula is C14H18N2O5. The minimum Gasteiger partial charge on any atom is -0.483 e. The van der Waals surface area contributed by atoms with Crippen LogP contribution in [0, 0.1) is 5.92 Å². The van der Waals surface area contributed by atoms with E-state index in [1.165, 1.54) is 6.07 Å². The van der Waals surface area contributed by atoms with Gasteiger partial charge < -0.3 is 20.9 Å². The molecule has 1 aromatic carbocycles. The molecule has 4 N–H and O–H groups in total. The summed E-state index contributed by atoms with van der Waals surface area (Å²) in [7, 11) is 0. The van der Waals surface area contributed by atoms with Gasteiger partial charge in [-0.1, -0.05) is 19.1 Å². The Kier molecular flexibility index (Phi) is 6.19. The van der Waals surface area contributed by atoms with Crippen molar-refractivity contribution in [3.05, 3.63) is 29.8 Å². The van der Waals surface area contributed by atoms with Gasteiger partial charge in [-0.05, 0) is 18.1 Å². The lowest BCUT2D eigenvalue weighted by molar-refractivity contribution is -0.138. The van der Waals surface area contributed by atoms with E-state index in [0.717, 1.165) is 0 Å². The molecule has 0 radical (unpaired) electrons. The van der Waals surface area contributed by atoms with E-state index in [1.54, 1.807) is 25.1 Å². The third kappa shape index (κ3) is 5.94. The van der Waals surface area contributed by atoms with Gasteiger partial charge in [-0.25, -0.2) is 0 Å². The first kappa shape index (κ1) is 16.5. The minimum absolute atomic E-state index is 0.0222. The molecule has 1 atom stereocenters. The number of carboxylic acid groups (broad SMARTS) is 1. The van der Waals surface area contributed by atoms with Crippen LogP contribution in [0.4, 0.5) is 0 Å². The molecule has 1 aromatic rings. The summed E-state index contributed by atoms with van der Waals surface area (Å²) in [5.41, 5.74) is 5.39. The van der Waals surface area contributed by atoms with Crippen molar-refractivity contribution < 1.29 is 24.2 Å². The fraction of sp³-hybridized carbons (Fsp3) is 0.357. The second-order valence-electron chi connectivity index (χ2n) is 4.66. The number of carbonyl (C=O) groups is 3. The summed E-state index contributed by atoms with van der Waals surface area (Å²) < 4.78 is 5.24. The van der Waals surface area contributed by atoms with Crippen LogP contribution >= 0.6 is 0 Å². The normalized spacial score (nSPS) is 11.5. The molecule has 114 valence electrons. The quantitative estimate of drug-likeness (QED) is 0.641. The molecule has 1 rings (SSSR count). The first-order valence-corrected chi connectivity index (χ1v) is 6.40. The molecule has 1 unspecified atom stereocenters. The van der Waals surface area contributed by atoms with E-state index in [1.807, 2.05) is 0 Å². The molecule has 21 heavy (non-hydrogen) atoms. The summed E-state index contributed by atoms with van der Waals surface area (Å²) in [6, 6.07) is 6.35. The van der Waals surface area contributed by atoms with Crippen LogP contribution in [0.3, 0.4) is 0 Å². The topological polar surface area (TPSA) is 119 Å². The van der Waals surface area contributed by atoms with Crippen LogP contribution in [-0.2, 0) is 9.59 Å². The molecule has 7 nitrogen and oxygen atoms in total. The molecule has 0 aliphatic rings. The number of rotatable bonds is 8. The highest BCUT2D eigenvalue weighted by molar-refractivity contribution is 5.95. The Morgan fingerprint density at radius 1 is 1.33 bits per heavy atom. The summed E-state index contributed by atoms with van der Waals surface area (Å²) in [5.74, 6) is -1.89. The summed E-state index contributed by atoms with van der Waals surface area (Å²) in [6.45, 7) is 1.69. The molecule has 0 spiro atoms. The molecule has 0 fully saturated rings. The van der Waals surface area contributed by atoms with Crippen LogP contribution in [0.1, 0.15) is 23.7 Å². The Morgan fingerprint density at radius 2 is 2.00 bits per heavy atom. The predicted molar refractivity (Wildman–Crippen MR) is 74.9 cm³/mol. The zero-order valence-electron chi connectivity index (χ0n) is 11.7. The van der Waals surface area contributed by atoms with Gasteiger partial charge in [0.2, 0.25) is 0 Å². The maximum absolute atomic E-state index is 11.6. The summed E-state index contributed by atoms with van der Waals surface area (Å²) in [6.07, 6.45) is -0.0222. The Bertz CT molecular complexity index is 530. The van der Waals surface area contributed by atoms with Crippen molar-refractivity contribution in [2.45, 2.75) is 13.3 Å². The SMILES string of the molecule is CC(CNC(=O)COc1ccccc1C(N)=O)CC(=O)O. The average molecular weight is 294 g/mol. The number of hydrogen-bond acceptors (Lipinski definition) is 4. The first-order valence-electron chi connectivity index (χ1n) is 6.40. The van der Waals surface area contributed by atoms with Crippen molar-refractivity contribution in [1.82, 2.24) is 5.32 Å².